The average molecular weight is 372 g/mol. The van der Waals surface area contributed by atoms with Gasteiger partial charge in [-0.1, -0.05) is 0 Å². The minimum Gasteiger partial charge on any atom is -0.493 e. The summed E-state index contributed by atoms with van der Waals surface area (Å²) in [5, 5.41) is 11.9. The Bertz CT molecular complexity index is 944. The molecule has 0 fully saturated rings. The normalized spacial score (nSPS) is 13.1. The maximum Gasteiger partial charge on any atom is 0.335 e. The van der Waals surface area contributed by atoms with Crippen LogP contribution in [0.5, 0.6) is 11.5 Å². The van der Waals surface area contributed by atoms with Crippen molar-refractivity contribution in [3.05, 3.63) is 40.2 Å². The van der Waals surface area contributed by atoms with Gasteiger partial charge in [0.25, 0.3) is 5.91 Å². The number of ketones is 1. The van der Waals surface area contributed by atoms with Gasteiger partial charge in [0.1, 0.15) is 5.69 Å². The van der Waals surface area contributed by atoms with Crippen LogP contribution in [-0.2, 0) is 6.42 Å². The van der Waals surface area contributed by atoms with E-state index in [0.717, 1.165) is 12.1 Å². The molecular formula is C19H20N2O6. The van der Waals surface area contributed by atoms with Gasteiger partial charge in [0.05, 0.1) is 25.5 Å². The number of aryl methyl sites for hydroxylation is 1. The van der Waals surface area contributed by atoms with Gasteiger partial charge in [-0.2, -0.15) is 0 Å². The summed E-state index contributed by atoms with van der Waals surface area (Å²) in [4.78, 5) is 39.3. The molecule has 1 aromatic heterocycles. The van der Waals surface area contributed by atoms with Gasteiger partial charge in [-0.05, 0) is 37.5 Å². The van der Waals surface area contributed by atoms with E-state index in [1.165, 1.54) is 26.4 Å². The number of methoxy groups -OCH3 is 2. The molecule has 8 heteroatoms. The summed E-state index contributed by atoms with van der Waals surface area (Å²) >= 11 is 0. The summed E-state index contributed by atoms with van der Waals surface area (Å²) in [6, 6.07) is 2.61. The lowest BCUT2D eigenvalue weighted by molar-refractivity contribution is 0.0695. The van der Waals surface area contributed by atoms with Crippen molar-refractivity contribution >= 4 is 23.3 Å². The molecule has 1 aliphatic rings. The summed E-state index contributed by atoms with van der Waals surface area (Å²) in [6.45, 7) is 1.72. The highest BCUT2D eigenvalue weighted by atomic mass is 16.5. The van der Waals surface area contributed by atoms with Crippen molar-refractivity contribution in [1.29, 1.82) is 0 Å². The molecule has 0 bridgehead atoms. The van der Waals surface area contributed by atoms with Gasteiger partial charge in [-0.25, -0.2) is 4.79 Å². The molecule has 142 valence electrons. The lowest BCUT2D eigenvalue weighted by atomic mass is 9.94. The first-order chi connectivity index (χ1) is 12.9. The van der Waals surface area contributed by atoms with Crippen LogP contribution in [0, 0.1) is 6.92 Å². The summed E-state index contributed by atoms with van der Waals surface area (Å²) in [5.74, 6) is -1.23. The van der Waals surface area contributed by atoms with Crippen molar-refractivity contribution in [3.8, 4) is 11.5 Å². The molecule has 0 radical (unpaired) electrons. The number of anilines is 1. The number of nitrogens with one attached hydrogen (secondary N) is 2. The molecule has 3 N–H and O–H groups in total. The van der Waals surface area contributed by atoms with E-state index in [1.807, 2.05) is 0 Å². The highest BCUT2D eigenvalue weighted by Crippen LogP contribution is 2.37. The Morgan fingerprint density at radius 2 is 1.93 bits per heavy atom. The SMILES string of the molecule is COc1cc(C(=O)O)cc(NC(=O)c2[nH]c3c(c2C)C(=O)CCC3)c1OC. The first kappa shape index (κ1) is 18.5. The van der Waals surface area contributed by atoms with Gasteiger partial charge in [0.2, 0.25) is 0 Å². The second-order valence-electron chi connectivity index (χ2n) is 6.27. The molecule has 1 aromatic carbocycles. The Labute approximate surface area is 155 Å². The van der Waals surface area contributed by atoms with Gasteiger partial charge in [0, 0.05) is 17.7 Å². The minimum absolute atomic E-state index is 0.0242. The predicted molar refractivity (Wildman–Crippen MR) is 97.3 cm³/mol. The fraction of sp³-hybridized carbons (Fsp3) is 0.316. The van der Waals surface area contributed by atoms with E-state index >= 15 is 0 Å². The quantitative estimate of drug-likeness (QED) is 0.743. The highest BCUT2D eigenvalue weighted by molar-refractivity contribution is 6.09. The molecule has 27 heavy (non-hydrogen) atoms. The topological polar surface area (TPSA) is 118 Å². The number of aromatic nitrogens is 1. The number of aromatic carboxylic acids is 1. The summed E-state index contributed by atoms with van der Waals surface area (Å²) in [5.41, 5.74) is 2.32. The third-order valence-corrected chi connectivity index (χ3v) is 4.64. The van der Waals surface area contributed by atoms with Crippen LogP contribution >= 0.6 is 0 Å². The molecule has 0 saturated carbocycles. The number of ether oxygens (including phenoxy) is 2. The molecule has 3 rings (SSSR count). The monoisotopic (exact) mass is 372 g/mol. The smallest absolute Gasteiger partial charge is 0.335 e. The predicted octanol–water partition coefficient (Wildman–Crippen LogP) is 2.81. The number of fused-ring (bicyclic) bond motifs is 1. The maximum atomic E-state index is 12.8. The van der Waals surface area contributed by atoms with E-state index in [9.17, 15) is 19.5 Å². The number of hydrogen-bond donors (Lipinski definition) is 3. The third kappa shape index (κ3) is 3.25. The van der Waals surface area contributed by atoms with Gasteiger partial charge in [-0.15, -0.1) is 0 Å². The number of hydrogen-bond acceptors (Lipinski definition) is 5. The lowest BCUT2D eigenvalue weighted by Gasteiger charge is -2.14. The maximum absolute atomic E-state index is 12.8. The number of carbonyl (C=O) groups is 3. The Kier molecular flexibility index (Phi) is 4.89. The number of carbonyl (C=O) groups excluding carboxylic acids is 2. The number of H-pyrrole nitrogens is 1. The number of aromatic amines is 1. The molecule has 1 heterocycles. The number of Topliss-reactive ketones (excluding diaryl/α,β-unsaturated/α-hetero) is 1. The number of carboxylic acid groups (broad SMARTS) is 1. The Morgan fingerprint density at radius 3 is 2.52 bits per heavy atom. The van der Waals surface area contributed by atoms with Gasteiger partial charge < -0.3 is 24.9 Å². The van der Waals surface area contributed by atoms with Crippen LogP contribution in [0.25, 0.3) is 0 Å². The molecule has 0 aliphatic heterocycles. The van der Waals surface area contributed by atoms with E-state index < -0.39 is 11.9 Å². The van der Waals surface area contributed by atoms with Crippen molar-refractivity contribution in [2.75, 3.05) is 19.5 Å². The van der Waals surface area contributed by atoms with Crippen molar-refractivity contribution in [2.45, 2.75) is 26.2 Å². The third-order valence-electron chi connectivity index (χ3n) is 4.64. The van der Waals surface area contributed by atoms with Crippen molar-refractivity contribution in [2.24, 2.45) is 0 Å². The molecule has 1 aliphatic carbocycles. The summed E-state index contributed by atoms with van der Waals surface area (Å²) in [6.07, 6.45) is 1.93. The fourth-order valence-corrected chi connectivity index (χ4v) is 3.37. The van der Waals surface area contributed by atoms with E-state index in [2.05, 4.69) is 10.3 Å². The van der Waals surface area contributed by atoms with Crippen LogP contribution in [0.3, 0.4) is 0 Å². The van der Waals surface area contributed by atoms with Crippen LogP contribution < -0.4 is 14.8 Å². The molecule has 0 unspecified atom stereocenters. The highest BCUT2D eigenvalue weighted by Gasteiger charge is 2.27. The Balaban J connectivity index is 2.00. The van der Waals surface area contributed by atoms with Crippen LogP contribution in [0.1, 0.15) is 55.3 Å². The Morgan fingerprint density at radius 1 is 1.19 bits per heavy atom. The lowest BCUT2D eigenvalue weighted by Crippen LogP contribution is -2.15. The van der Waals surface area contributed by atoms with Crippen molar-refractivity contribution in [3.63, 3.8) is 0 Å². The van der Waals surface area contributed by atoms with Gasteiger partial charge in [-0.3, -0.25) is 9.59 Å². The van der Waals surface area contributed by atoms with Crippen LogP contribution in [-0.4, -0.2) is 42.0 Å². The zero-order valence-electron chi connectivity index (χ0n) is 15.3. The first-order valence-corrected chi connectivity index (χ1v) is 8.42. The number of carboxylic acids is 1. The molecule has 2 aromatic rings. The summed E-state index contributed by atoms with van der Waals surface area (Å²) in [7, 11) is 2.77. The van der Waals surface area contributed by atoms with Crippen molar-refractivity contribution < 1.29 is 29.0 Å². The van der Waals surface area contributed by atoms with E-state index in [4.69, 9.17) is 9.47 Å². The molecule has 0 saturated heterocycles. The van der Waals surface area contributed by atoms with E-state index in [1.54, 1.807) is 6.92 Å². The molecule has 1 amide bonds. The first-order valence-electron chi connectivity index (χ1n) is 8.42. The second kappa shape index (κ2) is 7.14. The minimum atomic E-state index is -1.16. The zero-order valence-corrected chi connectivity index (χ0v) is 15.3. The summed E-state index contributed by atoms with van der Waals surface area (Å²) < 4.78 is 10.4. The standard InChI is InChI=1S/C19H20N2O6/c1-9-15-11(5-4-6-13(15)22)20-16(9)18(23)21-12-7-10(19(24)25)8-14(26-2)17(12)27-3/h7-8,20H,4-6H2,1-3H3,(H,21,23)(H,24,25). The average Bonchev–Trinajstić information content (AvgIpc) is 2.99. The van der Waals surface area contributed by atoms with Gasteiger partial charge in [0.15, 0.2) is 17.3 Å². The number of amides is 1. The fourth-order valence-electron chi connectivity index (χ4n) is 3.37. The van der Waals surface area contributed by atoms with Crippen LogP contribution in [0.2, 0.25) is 0 Å². The Hall–Kier alpha value is -3.29. The van der Waals surface area contributed by atoms with E-state index in [0.29, 0.717) is 24.0 Å². The molecule has 0 atom stereocenters. The molecule has 0 spiro atoms. The van der Waals surface area contributed by atoms with E-state index in [-0.39, 0.29) is 34.2 Å². The second-order valence-corrected chi connectivity index (χ2v) is 6.27. The largest absolute Gasteiger partial charge is 0.493 e. The van der Waals surface area contributed by atoms with Crippen LogP contribution in [0.15, 0.2) is 12.1 Å². The number of rotatable bonds is 5. The van der Waals surface area contributed by atoms with Crippen molar-refractivity contribution in [1.82, 2.24) is 4.98 Å². The number of benzene rings is 1. The van der Waals surface area contributed by atoms with Crippen LogP contribution in [0.4, 0.5) is 5.69 Å². The van der Waals surface area contributed by atoms with Gasteiger partial charge >= 0.3 is 5.97 Å². The molecular weight excluding hydrogens is 352 g/mol. The molecule has 8 nitrogen and oxygen atoms in total. The zero-order chi connectivity index (χ0) is 19.7.